The fourth-order valence-corrected chi connectivity index (χ4v) is 5.25. The van der Waals surface area contributed by atoms with E-state index in [1.165, 1.54) is 116 Å². The quantitative estimate of drug-likeness (QED) is 0.0889. The van der Waals surface area contributed by atoms with E-state index in [0.29, 0.717) is 5.78 Å². The second kappa shape index (κ2) is 25.3. The van der Waals surface area contributed by atoms with E-state index in [4.69, 9.17) is 4.74 Å². The van der Waals surface area contributed by atoms with Gasteiger partial charge in [0, 0.05) is 20.1 Å². The van der Waals surface area contributed by atoms with Gasteiger partial charge in [-0.25, -0.2) is 0 Å². The van der Waals surface area contributed by atoms with E-state index < -0.39 is 0 Å². The highest BCUT2D eigenvalue weighted by molar-refractivity contribution is 6.36. The van der Waals surface area contributed by atoms with E-state index >= 15 is 0 Å². The third-order valence-electron chi connectivity index (χ3n) is 7.54. The van der Waals surface area contributed by atoms with E-state index in [1.807, 2.05) is 0 Å². The van der Waals surface area contributed by atoms with Gasteiger partial charge in [0.15, 0.2) is 0 Å². The highest BCUT2D eigenvalue weighted by atomic mass is 16.5. The Balaban J connectivity index is 1.93. The predicted octanol–water partition coefficient (Wildman–Crippen LogP) is 7.33. The number of hydrogen-bond donors (Lipinski definition) is 0. The van der Waals surface area contributed by atoms with Crippen LogP contribution in [0.3, 0.4) is 0 Å². The summed E-state index contributed by atoms with van der Waals surface area (Å²) in [6.07, 6.45) is 26.2. The summed E-state index contributed by atoms with van der Waals surface area (Å²) >= 11 is 0. The zero-order valence-corrected chi connectivity index (χ0v) is 23.9. The Bertz CT molecular complexity index is 458. The summed E-state index contributed by atoms with van der Waals surface area (Å²) in [4.78, 5) is 17.4. The van der Waals surface area contributed by atoms with Crippen LogP contribution in [0.4, 0.5) is 0 Å². The number of carbonyl (C=O) groups is 1. The van der Waals surface area contributed by atoms with Gasteiger partial charge in [0.25, 0.3) is 0 Å². The van der Waals surface area contributed by atoms with Crippen LogP contribution in [-0.4, -0.2) is 75.7 Å². The number of ether oxygens (including phenoxy) is 1. The molecule has 0 N–H and O–H groups in total. The lowest BCUT2D eigenvalue weighted by atomic mass is 9.72. The predicted molar refractivity (Wildman–Crippen MR) is 154 cm³/mol. The minimum Gasteiger partial charge on any atom is -0.385 e. The first-order valence-electron chi connectivity index (χ1n) is 15.5. The van der Waals surface area contributed by atoms with Gasteiger partial charge in [0.2, 0.25) is 0 Å². The molecule has 1 heterocycles. The number of nitrogens with zero attached hydrogens (tertiary/aromatic N) is 2. The fourth-order valence-electron chi connectivity index (χ4n) is 5.25. The molecule has 0 atom stereocenters. The molecule has 0 aromatic carbocycles. The monoisotopic (exact) mass is 491 g/mol. The van der Waals surface area contributed by atoms with Crippen molar-refractivity contribution in [1.29, 1.82) is 0 Å². The summed E-state index contributed by atoms with van der Waals surface area (Å²) in [6, 6.07) is 0. The smallest absolute Gasteiger partial charge is 0.132 e. The lowest BCUT2D eigenvalue weighted by molar-refractivity contribution is -0.118. The molecule has 0 saturated carbocycles. The molecule has 5 heteroatoms. The Morgan fingerprint density at radius 1 is 0.771 bits per heavy atom. The number of methoxy groups -OCH3 is 1. The van der Waals surface area contributed by atoms with Crippen molar-refractivity contribution in [2.24, 2.45) is 0 Å². The maximum absolute atomic E-state index is 12.3. The molecule has 1 fully saturated rings. The molecule has 1 radical (unpaired) electrons. The number of unbranched alkanes of at least 4 members (excludes halogenated alkanes) is 12. The molecule has 0 amide bonds. The molecule has 0 aliphatic carbocycles. The molecular weight excluding hydrogens is 431 g/mol. The first-order chi connectivity index (χ1) is 17.3. The van der Waals surface area contributed by atoms with Crippen LogP contribution in [0, 0.1) is 0 Å². The highest BCUT2D eigenvalue weighted by Gasteiger charge is 2.12. The second-order valence-corrected chi connectivity index (χ2v) is 10.9. The van der Waals surface area contributed by atoms with Gasteiger partial charge < -0.3 is 14.5 Å². The molecule has 1 rings (SSSR count). The van der Waals surface area contributed by atoms with Gasteiger partial charge in [-0.15, -0.1) is 0 Å². The van der Waals surface area contributed by atoms with E-state index in [2.05, 4.69) is 24.0 Å². The number of carbonyl (C=O) groups excluding carboxylic acids is 1. The first-order valence-corrected chi connectivity index (χ1v) is 15.5. The molecule has 205 valence electrons. The van der Waals surface area contributed by atoms with Crippen molar-refractivity contribution >= 4 is 13.1 Å². The number of rotatable bonds is 27. The standard InChI is InChI=1S/C30H60BN2O2/c1-3-4-5-6-7-8-9-10-11-12-13-14-15-20-30(34)21-22-31-29-33(27-19-28-35-2)26-18-25-32-23-16-17-24-32/h3-29H2,1-2H3. The van der Waals surface area contributed by atoms with Crippen molar-refractivity contribution in [1.82, 2.24) is 9.80 Å². The molecular formula is C30H60BN2O2. The third-order valence-corrected chi connectivity index (χ3v) is 7.54. The minimum atomic E-state index is 0.462. The van der Waals surface area contributed by atoms with E-state index in [-0.39, 0.29) is 0 Å². The van der Waals surface area contributed by atoms with Crippen LogP contribution in [0.15, 0.2) is 0 Å². The Hall–Kier alpha value is -0.385. The largest absolute Gasteiger partial charge is 0.385 e. The van der Waals surface area contributed by atoms with Crippen molar-refractivity contribution in [3.63, 3.8) is 0 Å². The van der Waals surface area contributed by atoms with Gasteiger partial charge in [0.05, 0.1) is 0 Å². The average Bonchev–Trinajstić information content (AvgIpc) is 3.38. The summed E-state index contributed by atoms with van der Waals surface area (Å²) in [5.41, 5.74) is 0. The van der Waals surface area contributed by atoms with Crippen LogP contribution in [0.25, 0.3) is 0 Å². The zero-order valence-electron chi connectivity index (χ0n) is 23.9. The summed E-state index contributed by atoms with van der Waals surface area (Å²) < 4.78 is 5.24. The Kier molecular flexibility index (Phi) is 23.6. The van der Waals surface area contributed by atoms with Crippen LogP contribution < -0.4 is 0 Å². The lowest BCUT2D eigenvalue weighted by Gasteiger charge is -2.23. The van der Waals surface area contributed by atoms with Gasteiger partial charge in [0.1, 0.15) is 13.1 Å². The second-order valence-electron chi connectivity index (χ2n) is 10.9. The molecule has 4 nitrogen and oxygen atoms in total. The van der Waals surface area contributed by atoms with Gasteiger partial charge in [-0.2, -0.15) is 0 Å². The highest BCUT2D eigenvalue weighted by Crippen LogP contribution is 2.13. The summed E-state index contributed by atoms with van der Waals surface area (Å²) in [7, 11) is 4.12. The molecule has 0 unspecified atom stereocenters. The normalized spacial score (nSPS) is 14.3. The van der Waals surface area contributed by atoms with E-state index in [1.54, 1.807) is 7.11 Å². The third kappa shape index (κ3) is 21.4. The SMILES string of the molecule is CCCCCCCCCCCCCCCC(=O)CC[B]CN(CCCOC)CCCN1CCCC1. The van der Waals surface area contributed by atoms with Gasteiger partial charge >= 0.3 is 0 Å². The summed E-state index contributed by atoms with van der Waals surface area (Å²) in [6.45, 7) is 9.18. The van der Waals surface area contributed by atoms with Crippen LogP contribution in [0.2, 0.25) is 6.32 Å². The van der Waals surface area contributed by atoms with Gasteiger partial charge in [-0.1, -0.05) is 90.3 Å². The molecule has 0 aromatic rings. The summed E-state index contributed by atoms with van der Waals surface area (Å²) in [5, 5.41) is 0. The topological polar surface area (TPSA) is 32.8 Å². The van der Waals surface area contributed by atoms with Crippen molar-refractivity contribution in [2.45, 2.75) is 135 Å². The Morgan fingerprint density at radius 2 is 1.34 bits per heavy atom. The fraction of sp³-hybridized carbons (Fsp3) is 0.967. The van der Waals surface area contributed by atoms with Crippen molar-refractivity contribution in [3.8, 4) is 0 Å². The van der Waals surface area contributed by atoms with E-state index in [9.17, 15) is 4.79 Å². The molecule has 35 heavy (non-hydrogen) atoms. The van der Waals surface area contributed by atoms with Crippen LogP contribution in [-0.2, 0) is 9.53 Å². The number of hydrogen-bond acceptors (Lipinski definition) is 4. The Labute approximate surface area is 220 Å². The molecule has 1 aliphatic rings. The Morgan fingerprint density at radius 3 is 1.94 bits per heavy atom. The van der Waals surface area contributed by atoms with Crippen LogP contribution >= 0.6 is 0 Å². The average molecular weight is 492 g/mol. The number of Topliss-reactive ketones (excluding diaryl/α,β-unsaturated/α-hetero) is 1. The number of likely N-dealkylation sites (tertiary alicyclic amines) is 1. The zero-order chi connectivity index (χ0) is 25.2. The van der Waals surface area contributed by atoms with E-state index in [0.717, 1.165) is 58.1 Å². The first kappa shape index (κ1) is 32.6. The molecule has 0 bridgehead atoms. The van der Waals surface area contributed by atoms with Crippen molar-refractivity contribution < 1.29 is 9.53 Å². The van der Waals surface area contributed by atoms with Crippen molar-refractivity contribution in [2.75, 3.05) is 52.9 Å². The minimum absolute atomic E-state index is 0.462. The van der Waals surface area contributed by atoms with Crippen LogP contribution in [0.5, 0.6) is 0 Å². The maximum atomic E-state index is 12.3. The maximum Gasteiger partial charge on any atom is 0.132 e. The molecule has 0 spiro atoms. The van der Waals surface area contributed by atoms with Gasteiger partial charge in [-0.3, -0.25) is 4.79 Å². The molecule has 1 saturated heterocycles. The van der Waals surface area contributed by atoms with Crippen molar-refractivity contribution in [3.05, 3.63) is 0 Å². The number of ketones is 1. The molecule has 0 aromatic heterocycles. The summed E-state index contributed by atoms with van der Waals surface area (Å²) in [5.74, 6) is 0.462. The molecule has 1 aliphatic heterocycles. The van der Waals surface area contributed by atoms with Gasteiger partial charge in [-0.05, 0) is 77.7 Å². The van der Waals surface area contributed by atoms with Crippen LogP contribution in [0.1, 0.15) is 129 Å². The lowest BCUT2D eigenvalue weighted by Crippen LogP contribution is -2.33.